The van der Waals surface area contributed by atoms with Crippen LogP contribution in [0.2, 0.25) is 0 Å². The van der Waals surface area contributed by atoms with Crippen molar-refractivity contribution in [3.05, 3.63) is 16.1 Å². The molecule has 1 aromatic heterocycles. The van der Waals surface area contributed by atoms with Gasteiger partial charge in [0.05, 0.1) is 17.2 Å². The van der Waals surface area contributed by atoms with Gasteiger partial charge in [0.1, 0.15) is 0 Å². The summed E-state index contributed by atoms with van der Waals surface area (Å²) in [6.07, 6.45) is 2.44. The van der Waals surface area contributed by atoms with Gasteiger partial charge in [0, 0.05) is 17.7 Å². The maximum absolute atomic E-state index is 4.69. The van der Waals surface area contributed by atoms with E-state index < -0.39 is 0 Å². The van der Waals surface area contributed by atoms with E-state index in [4.69, 9.17) is 4.99 Å². The molecular weight excluding hydrogens is 262 g/mol. The summed E-state index contributed by atoms with van der Waals surface area (Å²) in [7, 11) is 0. The first-order valence-corrected chi connectivity index (χ1v) is 8.36. The van der Waals surface area contributed by atoms with Crippen LogP contribution in [0.5, 0.6) is 0 Å². The molecule has 0 saturated carbocycles. The molecule has 5 heteroatoms. The second-order valence-corrected chi connectivity index (χ2v) is 6.85. The number of nitrogens with zero attached hydrogens (tertiary/aromatic N) is 2. The zero-order valence-electron chi connectivity index (χ0n) is 11.3. The number of thioether (sulfide) groups is 1. The standard InChI is InChI=1S/C13H21N3S2/c1-4-13(5-2)8-15-12(18-9-13)14-6-11-7-17-10(3)16-11/h7H,4-6,8-9H2,1-3H3,(H,14,15). The number of amidine groups is 1. The third-order valence-electron chi connectivity index (χ3n) is 3.66. The summed E-state index contributed by atoms with van der Waals surface area (Å²) < 4.78 is 0. The molecule has 1 N–H and O–H groups in total. The quantitative estimate of drug-likeness (QED) is 0.919. The minimum absolute atomic E-state index is 0.424. The predicted octanol–water partition coefficient (Wildman–Crippen LogP) is 3.45. The van der Waals surface area contributed by atoms with Crippen molar-refractivity contribution in [2.45, 2.75) is 40.2 Å². The normalized spacial score (nSPS) is 18.5. The monoisotopic (exact) mass is 283 g/mol. The fourth-order valence-electron chi connectivity index (χ4n) is 1.99. The maximum atomic E-state index is 4.69. The molecule has 0 radical (unpaired) electrons. The van der Waals surface area contributed by atoms with Crippen LogP contribution in [0.4, 0.5) is 0 Å². The van der Waals surface area contributed by atoms with Crippen LogP contribution < -0.4 is 5.32 Å². The summed E-state index contributed by atoms with van der Waals surface area (Å²) >= 11 is 3.56. The molecule has 100 valence electrons. The highest BCUT2D eigenvalue weighted by Gasteiger charge is 2.29. The van der Waals surface area contributed by atoms with Gasteiger partial charge in [-0.25, -0.2) is 4.98 Å². The summed E-state index contributed by atoms with van der Waals surface area (Å²) in [5, 5.41) is 7.71. The third-order valence-corrected chi connectivity index (χ3v) is 5.79. The first-order valence-electron chi connectivity index (χ1n) is 6.49. The highest BCUT2D eigenvalue weighted by molar-refractivity contribution is 8.13. The molecule has 1 aromatic rings. The Balaban J connectivity index is 1.87. The lowest BCUT2D eigenvalue weighted by molar-refractivity contribution is 0.318. The Bertz CT molecular complexity index is 422. The van der Waals surface area contributed by atoms with Gasteiger partial charge in [-0.3, -0.25) is 4.99 Å². The van der Waals surface area contributed by atoms with Crippen LogP contribution in [-0.4, -0.2) is 22.4 Å². The van der Waals surface area contributed by atoms with E-state index in [1.807, 2.05) is 18.7 Å². The Morgan fingerprint density at radius 2 is 2.17 bits per heavy atom. The molecular formula is C13H21N3S2. The van der Waals surface area contributed by atoms with Gasteiger partial charge >= 0.3 is 0 Å². The molecule has 0 atom stereocenters. The van der Waals surface area contributed by atoms with E-state index in [1.165, 1.54) is 18.6 Å². The summed E-state index contributed by atoms with van der Waals surface area (Å²) in [6, 6.07) is 0. The number of hydrogen-bond acceptors (Lipinski definition) is 5. The Hall–Kier alpha value is -0.550. The predicted molar refractivity (Wildman–Crippen MR) is 81.5 cm³/mol. The second-order valence-electron chi connectivity index (χ2n) is 4.83. The molecule has 2 heterocycles. The van der Waals surface area contributed by atoms with Gasteiger partial charge in [0.2, 0.25) is 0 Å². The minimum Gasteiger partial charge on any atom is -0.359 e. The van der Waals surface area contributed by atoms with Crippen LogP contribution in [0.15, 0.2) is 10.4 Å². The van der Waals surface area contributed by atoms with Gasteiger partial charge in [-0.15, -0.1) is 11.3 Å². The van der Waals surface area contributed by atoms with Crippen molar-refractivity contribution < 1.29 is 0 Å². The Morgan fingerprint density at radius 1 is 1.39 bits per heavy atom. The average Bonchev–Trinajstić information content (AvgIpc) is 2.83. The smallest absolute Gasteiger partial charge is 0.156 e. The van der Waals surface area contributed by atoms with Crippen molar-refractivity contribution in [3.8, 4) is 0 Å². The van der Waals surface area contributed by atoms with E-state index in [2.05, 4.69) is 29.5 Å². The van der Waals surface area contributed by atoms with Crippen LogP contribution in [0, 0.1) is 12.3 Å². The first-order chi connectivity index (χ1) is 8.67. The molecule has 0 saturated heterocycles. The molecule has 0 unspecified atom stereocenters. The Morgan fingerprint density at radius 3 is 2.67 bits per heavy atom. The maximum Gasteiger partial charge on any atom is 0.156 e. The van der Waals surface area contributed by atoms with Crippen LogP contribution in [0.1, 0.15) is 37.4 Å². The Labute approximate surface area is 118 Å². The van der Waals surface area contributed by atoms with E-state index >= 15 is 0 Å². The lowest BCUT2D eigenvalue weighted by atomic mass is 9.84. The number of nitrogens with one attached hydrogen (secondary N) is 1. The highest BCUT2D eigenvalue weighted by atomic mass is 32.2. The average molecular weight is 283 g/mol. The first kappa shape index (κ1) is 13.9. The molecule has 1 aliphatic heterocycles. The van der Waals surface area contributed by atoms with E-state index in [0.717, 1.165) is 29.0 Å². The van der Waals surface area contributed by atoms with Gasteiger partial charge in [0.25, 0.3) is 0 Å². The number of aliphatic imine (C=N–C) groups is 1. The molecule has 0 aromatic carbocycles. The van der Waals surface area contributed by atoms with Crippen LogP contribution in [0.25, 0.3) is 0 Å². The topological polar surface area (TPSA) is 37.3 Å². The van der Waals surface area contributed by atoms with Crippen molar-refractivity contribution in [1.82, 2.24) is 10.3 Å². The number of aryl methyl sites for hydroxylation is 1. The van der Waals surface area contributed by atoms with E-state index in [1.54, 1.807) is 11.3 Å². The van der Waals surface area contributed by atoms with Gasteiger partial charge in [-0.2, -0.15) is 0 Å². The number of rotatable bonds is 4. The molecule has 0 aliphatic carbocycles. The van der Waals surface area contributed by atoms with Gasteiger partial charge in [-0.1, -0.05) is 25.6 Å². The lowest BCUT2D eigenvalue weighted by Crippen LogP contribution is -2.34. The Kier molecular flexibility index (Phi) is 4.67. The molecule has 0 amide bonds. The third kappa shape index (κ3) is 3.26. The number of hydrogen-bond donors (Lipinski definition) is 1. The zero-order valence-corrected chi connectivity index (χ0v) is 13.0. The fourth-order valence-corrected chi connectivity index (χ4v) is 3.88. The molecule has 18 heavy (non-hydrogen) atoms. The zero-order chi connectivity index (χ0) is 13.0. The highest BCUT2D eigenvalue weighted by Crippen LogP contribution is 2.34. The molecule has 3 nitrogen and oxygen atoms in total. The van der Waals surface area contributed by atoms with Crippen LogP contribution in [0.3, 0.4) is 0 Å². The molecule has 2 rings (SSSR count). The van der Waals surface area contributed by atoms with Gasteiger partial charge < -0.3 is 5.32 Å². The van der Waals surface area contributed by atoms with Crippen molar-refractivity contribution in [1.29, 1.82) is 0 Å². The minimum atomic E-state index is 0.424. The molecule has 1 aliphatic rings. The van der Waals surface area contributed by atoms with Crippen LogP contribution in [-0.2, 0) is 6.54 Å². The summed E-state index contributed by atoms with van der Waals surface area (Å²) in [6.45, 7) is 8.34. The molecule has 0 spiro atoms. The summed E-state index contributed by atoms with van der Waals surface area (Å²) in [4.78, 5) is 9.14. The van der Waals surface area contributed by atoms with E-state index in [9.17, 15) is 0 Å². The van der Waals surface area contributed by atoms with E-state index in [-0.39, 0.29) is 0 Å². The van der Waals surface area contributed by atoms with Crippen molar-refractivity contribution in [3.63, 3.8) is 0 Å². The van der Waals surface area contributed by atoms with Crippen molar-refractivity contribution >= 4 is 28.3 Å². The molecule has 0 bridgehead atoms. The van der Waals surface area contributed by atoms with E-state index in [0.29, 0.717) is 5.41 Å². The van der Waals surface area contributed by atoms with Gasteiger partial charge in [-0.05, 0) is 25.2 Å². The second kappa shape index (κ2) is 6.06. The number of aromatic nitrogens is 1. The molecule has 0 fully saturated rings. The van der Waals surface area contributed by atoms with Crippen LogP contribution >= 0.6 is 23.1 Å². The van der Waals surface area contributed by atoms with Crippen molar-refractivity contribution in [2.75, 3.05) is 12.3 Å². The lowest BCUT2D eigenvalue weighted by Gasteiger charge is -2.33. The largest absolute Gasteiger partial charge is 0.359 e. The number of thiazole rings is 1. The van der Waals surface area contributed by atoms with Crippen molar-refractivity contribution in [2.24, 2.45) is 10.4 Å². The van der Waals surface area contributed by atoms with Gasteiger partial charge in [0.15, 0.2) is 5.17 Å². The SMILES string of the molecule is CCC1(CC)CN=C(NCc2csc(C)n2)SC1. The summed E-state index contributed by atoms with van der Waals surface area (Å²) in [5.41, 5.74) is 1.54. The summed E-state index contributed by atoms with van der Waals surface area (Å²) in [5.74, 6) is 1.18. The fraction of sp³-hybridized carbons (Fsp3) is 0.692.